The highest BCUT2D eigenvalue weighted by molar-refractivity contribution is 5.98. The molecule has 0 fully saturated rings. The van der Waals surface area contributed by atoms with E-state index in [1.807, 2.05) is 38.4 Å². The molecule has 26 heavy (non-hydrogen) atoms. The highest BCUT2D eigenvalue weighted by Gasteiger charge is 2.14. The average molecular weight is 350 g/mol. The van der Waals surface area contributed by atoms with E-state index in [4.69, 9.17) is 0 Å². The fourth-order valence-electron chi connectivity index (χ4n) is 2.79. The van der Waals surface area contributed by atoms with Gasteiger partial charge in [-0.05, 0) is 31.1 Å². The lowest BCUT2D eigenvalue weighted by molar-refractivity contribution is 0.0990. The van der Waals surface area contributed by atoms with Gasteiger partial charge in [-0.1, -0.05) is 12.1 Å². The van der Waals surface area contributed by atoms with E-state index in [2.05, 4.69) is 15.1 Å². The smallest absolute Gasteiger partial charge is 0.170 e. The van der Waals surface area contributed by atoms with E-state index in [9.17, 15) is 9.18 Å². The Morgan fingerprint density at radius 2 is 2.00 bits per heavy atom. The maximum Gasteiger partial charge on any atom is 0.170 e. The van der Waals surface area contributed by atoms with E-state index in [0.29, 0.717) is 16.8 Å². The van der Waals surface area contributed by atoms with Crippen molar-refractivity contribution in [2.75, 3.05) is 0 Å². The summed E-state index contributed by atoms with van der Waals surface area (Å²) in [5, 5.41) is 4.19. The van der Waals surface area contributed by atoms with Crippen LogP contribution in [0, 0.1) is 12.7 Å². The lowest BCUT2D eigenvalue weighted by Gasteiger charge is -2.07. The van der Waals surface area contributed by atoms with Crippen LogP contribution in [-0.4, -0.2) is 25.5 Å². The molecule has 0 aliphatic heterocycles. The Kier molecular flexibility index (Phi) is 5.02. The number of rotatable bonds is 5. The molecule has 0 saturated heterocycles. The van der Waals surface area contributed by atoms with Gasteiger partial charge >= 0.3 is 0 Å². The molecule has 0 unspecified atom stereocenters. The Morgan fingerprint density at radius 1 is 1.19 bits per heavy atom. The van der Waals surface area contributed by atoms with Gasteiger partial charge in [0.1, 0.15) is 5.82 Å². The van der Waals surface area contributed by atoms with Crippen LogP contribution in [0.4, 0.5) is 4.39 Å². The summed E-state index contributed by atoms with van der Waals surface area (Å²) in [6.07, 6.45) is 10.1. The summed E-state index contributed by atoms with van der Waals surface area (Å²) in [6.45, 7) is 3.53. The summed E-state index contributed by atoms with van der Waals surface area (Å²) >= 11 is 0. The number of hydrogen-bond donors (Lipinski definition) is 0. The molecule has 3 aromatic rings. The molecule has 0 N–H and O–H groups in total. The third-order valence-electron chi connectivity index (χ3n) is 4.24. The van der Waals surface area contributed by atoms with E-state index in [0.717, 1.165) is 22.9 Å². The van der Waals surface area contributed by atoms with E-state index in [-0.39, 0.29) is 12.2 Å². The number of aryl methyl sites for hydroxylation is 1. The molecule has 5 nitrogen and oxygen atoms in total. The summed E-state index contributed by atoms with van der Waals surface area (Å²) in [7, 11) is 1.87. The van der Waals surface area contributed by atoms with Gasteiger partial charge < -0.3 is 0 Å². The molecular weight excluding hydrogens is 331 g/mol. The first kappa shape index (κ1) is 17.7. The highest BCUT2D eigenvalue weighted by Crippen LogP contribution is 2.22. The lowest BCUT2D eigenvalue weighted by atomic mass is 10.0. The number of ketones is 1. The van der Waals surface area contributed by atoms with Crippen molar-refractivity contribution in [2.24, 2.45) is 7.05 Å². The third-order valence-corrected chi connectivity index (χ3v) is 4.24. The fraction of sp³-hybridized carbons (Fsp3) is 0.200. The van der Waals surface area contributed by atoms with Crippen LogP contribution in [0.3, 0.4) is 0 Å². The molecule has 0 saturated carbocycles. The number of pyridine rings is 2. The van der Waals surface area contributed by atoms with Crippen molar-refractivity contribution in [3.63, 3.8) is 0 Å². The number of nitrogens with zero attached hydrogens (tertiary/aromatic N) is 4. The fourth-order valence-corrected chi connectivity index (χ4v) is 2.79. The molecule has 0 aromatic carbocycles. The standard InChI is InChI=1S/C20H19FN4O/c1-4-17(15-9-24-25(3)12-15)14-5-6-16(23-8-14)7-20(26)18-10-22-11-19(21)13(18)2/h4-6,8-12H,7H2,1-3H3/b17-4-. The summed E-state index contributed by atoms with van der Waals surface area (Å²) in [5.41, 5.74) is 4.20. The van der Waals surface area contributed by atoms with Gasteiger partial charge in [0.2, 0.25) is 0 Å². The second-order valence-corrected chi connectivity index (χ2v) is 6.04. The van der Waals surface area contributed by atoms with Gasteiger partial charge in [0.05, 0.1) is 18.8 Å². The maximum atomic E-state index is 13.6. The molecule has 132 valence electrons. The Morgan fingerprint density at radius 3 is 2.62 bits per heavy atom. The van der Waals surface area contributed by atoms with Crippen molar-refractivity contribution in [1.82, 2.24) is 19.7 Å². The van der Waals surface area contributed by atoms with Crippen molar-refractivity contribution in [3.8, 4) is 0 Å². The van der Waals surface area contributed by atoms with Crippen LogP contribution in [-0.2, 0) is 13.5 Å². The van der Waals surface area contributed by atoms with Crippen LogP contribution < -0.4 is 0 Å². The Balaban J connectivity index is 1.79. The van der Waals surface area contributed by atoms with E-state index in [1.54, 1.807) is 24.0 Å². The number of halogens is 1. The minimum atomic E-state index is -0.478. The van der Waals surface area contributed by atoms with E-state index in [1.165, 1.54) is 6.20 Å². The predicted molar refractivity (Wildman–Crippen MR) is 97.2 cm³/mol. The van der Waals surface area contributed by atoms with Crippen LogP contribution in [0.2, 0.25) is 0 Å². The zero-order chi connectivity index (χ0) is 18.7. The van der Waals surface area contributed by atoms with E-state index < -0.39 is 5.82 Å². The topological polar surface area (TPSA) is 60.7 Å². The quantitative estimate of drug-likeness (QED) is 0.661. The molecule has 6 heteroatoms. The molecule has 0 radical (unpaired) electrons. The van der Waals surface area contributed by atoms with Crippen molar-refractivity contribution in [2.45, 2.75) is 20.3 Å². The Hall–Kier alpha value is -3.15. The van der Waals surface area contributed by atoms with Crippen molar-refractivity contribution in [1.29, 1.82) is 0 Å². The largest absolute Gasteiger partial charge is 0.294 e. The van der Waals surface area contributed by atoms with Crippen molar-refractivity contribution in [3.05, 3.63) is 83.0 Å². The first-order valence-corrected chi connectivity index (χ1v) is 8.23. The SMILES string of the molecule is C/C=C(/c1ccc(CC(=O)c2cncc(F)c2C)nc1)c1cnn(C)c1. The molecular formula is C20H19FN4O. The van der Waals surface area contributed by atoms with Crippen LogP contribution in [0.15, 0.2) is 49.2 Å². The average Bonchev–Trinajstić information content (AvgIpc) is 3.05. The molecule has 0 amide bonds. The van der Waals surface area contributed by atoms with Gasteiger partial charge in [-0.2, -0.15) is 5.10 Å². The second kappa shape index (κ2) is 7.39. The molecule has 0 bridgehead atoms. The third kappa shape index (κ3) is 3.59. The molecule has 3 aromatic heterocycles. The Labute approximate surface area is 151 Å². The molecule has 0 spiro atoms. The van der Waals surface area contributed by atoms with Gasteiger partial charge in [0.15, 0.2) is 5.78 Å². The normalized spacial score (nSPS) is 11.6. The molecule has 3 heterocycles. The van der Waals surface area contributed by atoms with Crippen molar-refractivity contribution >= 4 is 11.4 Å². The van der Waals surface area contributed by atoms with E-state index >= 15 is 0 Å². The number of carbonyl (C=O) groups is 1. The summed E-state index contributed by atoms with van der Waals surface area (Å²) in [6, 6.07) is 3.74. The molecule has 0 aliphatic rings. The Bertz CT molecular complexity index is 974. The van der Waals surface area contributed by atoms with Gasteiger partial charge in [-0.15, -0.1) is 0 Å². The number of allylic oxidation sites excluding steroid dienone is 1. The van der Waals surface area contributed by atoms with Gasteiger partial charge in [-0.3, -0.25) is 19.4 Å². The predicted octanol–water partition coefficient (Wildman–Crippen LogP) is 3.53. The maximum absolute atomic E-state index is 13.6. The molecule has 0 atom stereocenters. The number of aromatic nitrogens is 4. The highest BCUT2D eigenvalue weighted by atomic mass is 19.1. The molecule has 0 aliphatic carbocycles. The van der Waals surface area contributed by atoms with Gasteiger partial charge in [0, 0.05) is 48.0 Å². The summed E-state index contributed by atoms with van der Waals surface area (Å²) in [4.78, 5) is 20.6. The first-order chi connectivity index (χ1) is 12.5. The monoisotopic (exact) mass is 350 g/mol. The first-order valence-electron chi connectivity index (χ1n) is 8.23. The zero-order valence-electron chi connectivity index (χ0n) is 14.9. The van der Waals surface area contributed by atoms with Crippen LogP contribution >= 0.6 is 0 Å². The zero-order valence-corrected chi connectivity index (χ0v) is 14.9. The number of carbonyl (C=O) groups excluding carboxylic acids is 1. The molecule has 3 rings (SSSR count). The van der Waals surface area contributed by atoms with Gasteiger partial charge in [-0.25, -0.2) is 4.39 Å². The van der Waals surface area contributed by atoms with Crippen LogP contribution in [0.1, 0.15) is 39.7 Å². The summed E-state index contributed by atoms with van der Waals surface area (Å²) < 4.78 is 15.3. The van der Waals surface area contributed by atoms with Crippen molar-refractivity contribution < 1.29 is 9.18 Å². The van der Waals surface area contributed by atoms with Crippen LogP contribution in [0.5, 0.6) is 0 Å². The minimum absolute atomic E-state index is 0.102. The lowest BCUT2D eigenvalue weighted by Crippen LogP contribution is -2.09. The number of Topliss-reactive ketones (excluding diaryl/α,β-unsaturated/α-hetero) is 1. The van der Waals surface area contributed by atoms with Gasteiger partial charge in [0.25, 0.3) is 0 Å². The number of hydrogen-bond acceptors (Lipinski definition) is 4. The minimum Gasteiger partial charge on any atom is -0.294 e. The second-order valence-electron chi connectivity index (χ2n) is 6.04. The van der Waals surface area contributed by atoms with Crippen LogP contribution in [0.25, 0.3) is 5.57 Å². The summed E-state index contributed by atoms with van der Waals surface area (Å²) in [5.74, 6) is -0.679.